The fourth-order valence-corrected chi connectivity index (χ4v) is 2.08. The van der Waals surface area contributed by atoms with Crippen LogP contribution in [0.5, 0.6) is 11.5 Å². The third kappa shape index (κ3) is 3.65. The minimum Gasteiger partial charge on any atom is -0.481 e. The van der Waals surface area contributed by atoms with Crippen LogP contribution in [-0.4, -0.2) is 35.2 Å². The molecule has 1 amide bonds. The van der Waals surface area contributed by atoms with E-state index < -0.39 is 18.2 Å². The zero-order valence-corrected chi connectivity index (χ0v) is 12.3. The summed E-state index contributed by atoms with van der Waals surface area (Å²) in [7, 11) is 0. The molecule has 0 radical (unpaired) electrons. The number of hydrogen-bond donors (Lipinski definition) is 2. The summed E-state index contributed by atoms with van der Waals surface area (Å²) in [4.78, 5) is 22.7. The number of aliphatic carboxylic acids is 1. The molecule has 0 bridgehead atoms. The van der Waals surface area contributed by atoms with E-state index >= 15 is 0 Å². The Morgan fingerprint density at radius 3 is 2.71 bits per heavy atom. The summed E-state index contributed by atoms with van der Waals surface area (Å²) in [5.74, 6) is -0.212. The van der Waals surface area contributed by atoms with Gasteiger partial charge in [0.05, 0.1) is 0 Å². The molecule has 2 rings (SSSR count). The molecule has 21 heavy (non-hydrogen) atoms. The highest BCUT2D eigenvalue weighted by atomic mass is 16.5. The SMILES string of the molecule is CC(C)NC(=O)C(C)Oc1ccc2c(c1)OC(C(=O)O)C2. The molecule has 1 aliphatic heterocycles. The number of carboxylic acid groups (broad SMARTS) is 1. The molecule has 2 atom stereocenters. The van der Waals surface area contributed by atoms with Crippen molar-refractivity contribution in [1.29, 1.82) is 0 Å². The quantitative estimate of drug-likeness (QED) is 0.856. The van der Waals surface area contributed by atoms with Gasteiger partial charge in [0, 0.05) is 18.5 Å². The van der Waals surface area contributed by atoms with Crippen molar-refractivity contribution in [1.82, 2.24) is 5.32 Å². The molecule has 0 aromatic heterocycles. The summed E-state index contributed by atoms with van der Waals surface area (Å²) in [5, 5.41) is 11.7. The van der Waals surface area contributed by atoms with Gasteiger partial charge in [-0.1, -0.05) is 6.07 Å². The molecule has 2 N–H and O–H groups in total. The lowest BCUT2D eigenvalue weighted by atomic mass is 10.1. The van der Waals surface area contributed by atoms with E-state index in [9.17, 15) is 9.59 Å². The molecular formula is C15H19NO5. The average Bonchev–Trinajstić information content (AvgIpc) is 2.81. The molecule has 0 fully saturated rings. The number of rotatable bonds is 5. The van der Waals surface area contributed by atoms with Gasteiger partial charge in [-0.05, 0) is 32.4 Å². The van der Waals surface area contributed by atoms with E-state index in [0.29, 0.717) is 17.9 Å². The molecule has 0 spiro atoms. The topological polar surface area (TPSA) is 84.9 Å². The molecule has 0 saturated heterocycles. The van der Waals surface area contributed by atoms with Crippen LogP contribution >= 0.6 is 0 Å². The Morgan fingerprint density at radius 2 is 2.10 bits per heavy atom. The van der Waals surface area contributed by atoms with Gasteiger partial charge in [0.1, 0.15) is 11.5 Å². The molecule has 1 heterocycles. The van der Waals surface area contributed by atoms with E-state index in [2.05, 4.69) is 5.32 Å². The normalized spacial score (nSPS) is 17.8. The molecule has 1 aromatic rings. The third-order valence-corrected chi connectivity index (χ3v) is 3.10. The van der Waals surface area contributed by atoms with Crippen molar-refractivity contribution in [2.45, 2.75) is 45.4 Å². The van der Waals surface area contributed by atoms with Crippen molar-refractivity contribution in [2.75, 3.05) is 0 Å². The summed E-state index contributed by atoms with van der Waals surface area (Å²) >= 11 is 0. The van der Waals surface area contributed by atoms with E-state index in [-0.39, 0.29) is 11.9 Å². The van der Waals surface area contributed by atoms with Crippen LogP contribution in [0.2, 0.25) is 0 Å². The standard InChI is InChI=1S/C15H19NO5/c1-8(2)16-14(17)9(3)20-11-5-4-10-6-13(15(18)19)21-12(10)7-11/h4-5,7-9,13H,6H2,1-3H3,(H,16,17)(H,18,19). The summed E-state index contributed by atoms with van der Waals surface area (Å²) in [6, 6.07) is 5.15. The lowest BCUT2D eigenvalue weighted by Crippen LogP contribution is -2.40. The number of carbonyl (C=O) groups is 2. The van der Waals surface area contributed by atoms with Crippen LogP contribution in [0.4, 0.5) is 0 Å². The summed E-state index contributed by atoms with van der Waals surface area (Å²) < 4.78 is 10.9. The van der Waals surface area contributed by atoms with Crippen LogP contribution in [0.3, 0.4) is 0 Å². The number of amides is 1. The summed E-state index contributed by atoms with van der Waals surface area (Å²) in [5.41, 5.74) is 0.828. The van der Waals surface area contributed by atoms with Crippen LogP contribution in [-0.2, 0) is 16.0 Å². The van der Waals surface area contributed by atoms with E-state index in [1.807, 2.05) is 13.8 Å². The van der Waals surface area contributed by atoms with Crippen molar-refractivity contribution in [2.24, 2.45) is 0 Å². The van der Waals surface area contributed by atoms with E-state index in [1.54, 1.807) is 25.1 Å². The Balaban J connectivity index is 2.02. The van der Waals surface area contributed by atoms with E-state index in [4.69, 9.17) is 14.6 Å². The van der Waals surface area contributed by atoms with Gasteiger partial charge in [0.15, 0.2) is 12.2 Å². The maximum Gasteiger partial charge on any atom is 0.345 e. The second-order valence-corrected chi connectivity index (χ2v) is 5.34. The van der Waals surface area contributed by atoms with Crippen molar-refractivity contribution in [3.8, 4) is 11.5 Å². The van der Waals surface area contributed by atoms with Crippen molar-refractivity contribution in [3.05, 3.63) is 23.8 Å². The average molecular weight is 293 g/mol. The Morgan fingerprint density at radius 1 is 1.38 bits per heavy atom. The Bertz CT molecular complexity index is 555. The maximum absolute atomic E-state index is 11.8. The second kappa shape index (κ2) is 6.03. The Kier molecular flexibility index (Phi) is 4.35. The molecule has 1 aromatic carbocycles. The van der Waals surface area contributed by atoms with Crippen LogP contribution in [0.1, 0.15) is 26.3 Å². The maximum atomic E-state index is 11.8. The van der Waals surface area contributed by atoms with Crippen LogP contribution < -0.4 is 14.8 Å². The third-order valence-electron chi connectivity index (χ3n) is 3.10. The minimum absolute atomic E-state index is 0.0447. The number of fused-ring (bicyclic) bond motifs is 1. The summed E-state index contributed by atoms with van der Waals surface area (Å²) in [6.45, 7) is 5.41. The van der Waals surface area contributed by atoms with E-state index in [0.717, 1.165) is 5.56 Å². The smallest absolute Gasteiger partial charge is 0.345 e. The van der Waals surface area contributed by atoms with Gasteiger partial charge >= 0.3 is 5.97 Å². The van der Waals surface area contributed by atoms with Gasteiger partial charge in [-0.2, -0.15) is 0 Å². The van der Waals surface area contributed by atoms with Gasteiger partial charge in [-0.15, -0.1) is 0 Å². The first-order valence-corrected chi connectivity index (χ1v) is 6.86. The van der Waals surface area contributed by atoms with Gasteiger partial charge in [-0.25, -0.2) is 4.79 Å². The van der Waals surface area contributed by atoms with Crippen molar-refractivity contribution >= 4 is 11.9 Å². The molecule has 0 saturated carbocycles. The predicted octanol–water partition coefficient (Wildman–Crippen LogP) is 1.37. The largest absolute Gasteiger partial charge is 0.481 e. The van der Waals surface area contributed by atoms with Gasteiger partial charge < -0.3 is 19.9 Å². The zero-order valence-electron chi connectivity index (χ0n) is 12.3. The highest BCUT2D eigenvalue weighted by Crippen LogP contribution is 2.32. The number of benzene rings is 1. The molecule has 0 aliphatic carbocycles. The molecule has 6 heteroatoms. The van der Waals surface area contributed by atoms with Crippen molar-refractivity contribution < 1.29 is 24.2 Å². The summed E-state index contributed by atoms with van der Waals surface area (Å²) in [6.07, 6.45) is -1.15. The van der Waals surface area contributed by atoms with Crippen LogP contribution in [0, 0.1) is 0 Å². The fourth-order valence-electron chi connectivity index (χ4n) is 2.08. The van der Waals surface area contributed by atoms with Gasteiger partial charge in [-0.3, -0.25) is 4.79 Å². The first-order valence-electron chi connectivity index (χ1n) is 6.86. The second-order valence-electron chi connectivity index (χ2n) is 5.34. The first kappa shape index (κ1) is 15.2. The molecule has 114 valence electrons. The fraction of sp³-hybridized carbons (Fsp3) is 0.467. The highest BCUT2D eigenvalue weighted by molar-refractivity contribution is 5.81. The lowest BCUT2D eigenvalue weighted by Gasteiger charge is -2.16. The first-order chi connectivity index (χ1) is 9.86. The minimum atomic E-state index is -0.988. The Hall–Kier alpha value is -2.24. The predicted molar refractivity (Wildman–Crippen MR) is 75.6 cm³/mol. The molecule has 6 nitrogen and oxygen atoms in total. The molecular weight excluding hydrogens is 274 g/mol. The number of ether oxygens (including phenoxy) is 2. The highest BCUT2D eigenvalue weighted by Gasteiger charge is 2.29. The Labute approximate surface area is 123 Å². The molecule has 1 aliphatic rings. The van der Waals surface area contributed by atoms with Crippen molar-refractivity contribution in [3.63, 3.8) is 0 Å². The monoisotopic (exact) mass is 293 g/mol. The number of carbonyl (C=O) groups excluding carboxylic acids is 1. The lowest BCUT2D eigenvalue weighted by molar-refractivity contribution is -0.144. The number of nitrogens with one attached hydrogen (secondary N) is 1. The van der Waals surface area contributed by atoms with Gasteiger partial charge in [0.25, 0.3) is 5.91 Å². The van der Waals surface area contributed by atoms with E-state index in [1.165, 1.54) is 0 Å². The van der Waals surface area contributed by atoms with Crippen LogP contribution in [0.15, 0.2) is 18.2 Å². The van der Waals surface area contributed by atoms with Gasteiger partial charge in [0.2, 0.25) is 0 Å². The number of hydrogen-bond acceptors (Lipinski definition) is 4. The molecule has 2 unspecified atom stereocenters. The van der Waals surface area contributed by atoms with Crippen LogP contribution in [0.25, 0.3) is 0 Å². The zero-order chi connectivity index (χ0) is 15.6. The number of carboxylic acids is 1.